The van der Waals surface area contributed by atoms with Gasteiger partial charge in [0.05, 0.1) is 23.6 Å². The van der Waals surface area contributed by atoms with Gasteiger partial charge in [0.25, 0.3) is 24.7 Å². The summed E-state index contributed by atoms with van der Waals surface area (Å²) < 4.78 is 55.4. The number of piperidine rings is 1. The van der Waals surface area contributed by atoms with Crippen molar-refractivity contribution in [2.45, 2.75) is 57.3 Å². The fourth-order valence-corrected chi connectivity index (χ4v) is 5.16. The van der Waals surface area contributed by atoms with Crippen LogP contribution in [0, 0.1) is 0 Å². The number of nitrogens with zero attached hydrogens (tertiary/aromatic N) is 7. The Labute approximate surface area is 232 Å². The zero-order chi connectivity index (χ0) is 29.3. The van der Waals surface area contributed by atoms with E-state index in [0.717, 1.165) is 17.5 Å². The molecule has 3 aromatic rings. The Morgan fingerprint density at radius 3 is 2.49 bits per heavy atom. The third-order valence-corrected chi connectivity index (χ3v) is 7.37. The van der Waals surface area contributed by atoms with Crippen molar-refractivity contribution in [1.82, 2.24) is 34.3 Å². The van der Waals surface area contributed by atoms with E-state index in [4.69, 9.17) is 0 Å². The Morgan fingerprint density at radius 2 is 1.83 bits per heavy atom. The Balaban J connectivity index is 1.21. The van der Waals surface area contributed by atoms with Crippen LogP contribution in [0.4, 0.5) is 23.2 Å². The number of rotatable bonds is 9. The van der Waals surface area contributed by atoms with E-state index in [9.17, 15) is 32.3 Å². The number of carbonyl (C=O) groups is 2. The molecule has 2 aliphatic heterocycles. The first-order chi connectivity index (χ1) is 19.6. The predicted octanol–water partition coefficient (Wildman–Crippen LogP) is 2.83. The number of pyridine rings is 1. The molecular formula is C26H30F4N8O3. The molecule has 15 heteroatoms. The van der Waals surface area contributed by atoms with Crippen molar-refractivity contribution in [2.24, 2.45) is 0 Å². The zero-order valence-electron chi connectivity index (χ0n) is 22.2. The van der Waals surface area contributed by atoms with Gasteiger partial charge in [-0.15, -0.1) is 0 Å². The van der Waals surface area contributed by atoms with Gasteiger partial charge >= 0.3 is 0 Å². The average Bonchev–Trinajstić information content (AvgIpc) is 3.55. The van der Waals surface area contributed by atoms with Crippen LogP contribution in [-0.2, 0) is 11.3 Å². The maximum atomic E-state index is 13.8. The second-order valence-electron chi connectivity index (χ2n) is 10.3. The van der Waals surface area contributed by atoms with E-state index in [1.165, 1.54) is 36.3 Å². The SMILES string of the molecule is C[C@@H](O)C(=O)N1CCC(N2CC(n3cc(NC(=O)c4cccc(-c5cnn(CC(F)F)c5)n4)c(C(F)F)n3)C2)CC1. The predicted molar refractivity (Wildman–Crippen MR) is 138 cm³/mol. The Kier molecular flexibility index (Phi) is 8.35. The number of aliphatic hydroxyl groups excluding tert-OH is 1. The van der Waals surface area contributed by atoms with E-state index < -0.39 is 37.1 Å². The summed E-state index contributed by atoms with van der Waals surface area (Å²) in [6, 6.07) is 4.64. The first-order valence-electron chi connectivity index (χ1n) is 13.3. The maximum absolute atomic E-state index is 13.8. The molecule has 0 radical (unpaired) electrons. The smallest absolute Gasteiger partial charge is 0.284 e. The van der Waals surface area contributed by atoms with Crippen molar-refractivity contribution in [3.63, 3.8) is 0 Å². The van der Waals surface area contributed by atoms with Gasteiger partial charge in [0.15, 0.2) is 5.69 Å². The van der Waals surface area contributed by atoms with Crippen LogP contribution in [0.5, 0.6) is 0 Å². The van der Waals surface area contributed by atoms with E-state index in [0.29, 0.717) is 37.4 Å². The molecule has 41 heavy (non-hydrogen) atoms. The molecule has 11 nitrogen and oxygen atoms in total. The highest BCUT2D eigenvalue weighted by Gasteiger charge is 2.37. The summed E-state index contributed by atoms with van der Waals surface area (Å²) >= 11 is 0. The summed E-state index contributed by atoms with van der Waals surface area (Å²) in [6.45, 7) is 3.16. The van der Waals surface area contributed by atoms with Crippen molar-refractivity contribution in [1.29, 1.82) is 0 Å². The Bertz CT molecular complexity index is 1380. The molecule has 5 heterocycles. The molecule has 2 fully saturated rings. The van der Waals surface area contributed by atoms with E-state index >= 15 is 0 Å². The summed E-state index contributed by atoms with van der Waals surface area (Å²) in [5.74, 6) is -1.000. The second-order valence-corrected chi connectivity index (χ2v) is 10.3. The highest BCUT2D eigenvalue weighted by molar-refractivity contribution is 6.03. The largest absolute Gasteiger partial charge is 0.384 e. The van der Waals surface area contributed by atoms with E-state index in [1.807, 2.05) is 0 Å². The lowest BCUT2D eigenvalue weighted by molar-refractivity contribution is -0.141. The minimum atomic E-state index is -2.92. The summed E-state index contributed by atoms with van der Waals surface area (Å²) in [7, 11) is 0. The molecule has 0 bridgehead atoms. The Morgan fingerprint density at radius 1 is 1.10 bits per heavy atom. The second kappa shape index (κ2) is 11.9. The molecule has 0 saturated carbocycles. The van der Waals surface area contributed by atoms with Crippen LogP contribution >= 0.6 is 0 Å². The van der Waals surface area contributed by atoms with Crippen LogP contribution in [0.15, 0.2) is 36.8 Å². The van der Waals surface area contributed by atoms with Crippen LogP contribution in [0.1, 0.15) is 48.4 Å². The molecule has 5 rings (SSSR count). The molecule has 0 spiro atoms. The van der Waals surface area contributed by atoms with Crippen LogP contribution in [0.2, 0.25) is 0 Å². The summed E-state index contributed by atoms with van der Waals surface area (Å²) in [5.41, 5.74) is 0.0264. The number of nitrogens with one attached hydrogen (secondary N) is 1. The molecule has 2 amide bonds. The van der Waals surface area contributed by atoms with Crippen molar-refractivity contribution < 1.29 is 32.3 Å². The quantitative estimate of drug-likeness (QED) is 0.375. The fraction of sp³-hybridized carbons (Fsp3) is 0.500. The number of aromatic nitrogens is 5. The molecule has 0 aliphatic carbocycles. The van der Waals surface area contributed by atoms with Gasteiger partial charge in [-0.2, -0.15) is 10.2 Å². The highest BCUT2D eigenvalue weighted by Crippen LogP contribution is 2.32. The van der Waals surface area contributed by atoms with Crippen molar-refractivity contribution >= 4 is 17.5 Å². The van der Waals surface area contributed by atoms with Gasteiger partial charge in [0.1, 0.15) is 18.3 Å². The first-order valence-corrected chi connectivity index (χ1v) is 13.3. The monoisotopic (exact) mass is 578 g/mol. The summed E-state index contributed by atoms with van der Waals surface area (Å²) in [5, 5.41) is 19.9. The van der Waals surface area contributed by atoms with Gasteiger partial charge in [-0.25, -0.2) is 22.5 Å². The lowest BCUT2D eigenvalue weighted by atomic mass is 9.97. The maximum Gasteiger partial charge on any atom is 0.284 e. The van der Waals surface area contributed by atoms with Gasteiger partial charge < -0.3 is 15.3 Å². The third kappa shape index (κ3) is 6.40. The van der Waals surface area contributed by atoms with Gasteiger partial charge in [-0.3, -0.25) is 23.9 Å². The van der Waals surface area contributed by atoms with Crippen LogP contribution in [0.3, 0.4) is 0 Å². The lowest BCUT2D eigenvalue weighted by Crippen LogP contribution is -2.56. The molecule has 2 aliphatic rings. The first kappa shape index (κ1) is 28.7. The molecule has 2 N–H and O–H groups in total. The molecule has 2 saturated heterocycles. The molecular weight excluding hydrogens is 548 g/mol. The summed E-state index contributed by atoms with van der Waals surface area (Å²) in [4.78, 5) is 33.1. The third-order valence-electron chi connectivity index (χ3n) is 7.37. The number of carbonyl (C=O) groups excluding carboxylic acids is 2. The number of hydrogen-bond acceptors (Lipinski definition) is 7. The van der Waals surface area contributed by atoms with Crippen molar-refractivity contribution in [3.8, 4) is 11.3 Å². The van der Waals surface area contributed by atoms with Crippen LogP contribution in [0.25, 0.3) is 11.3 Å². The van der Waals surface area contributed by atoms with Gasteiger partial charge in [-0.1, -0.05) is 6.07 Å². The summed E-state index contributed by atoms with van der Waals surface area (Å²) in [6.07, 6.45) is -0.876. The number of anilines is 1. The average molecular weight is 579 g/mol. The zero-order valence-corrected chi connectivity index (χ0v) is 22.2. The Hall–Kier alpha value is -3.85. The van der Waals surface area contributed by atoms with Crippen LogP contribution < -0.4 is 5.32 Å². The topological polar surface area (TPSA) is 121 Å². The normalized spacial score (nSPS) is 17.7. The van der Waals surface area contributed by atoms with Gasteiger partial charge in [-0.05, 0) is 31.9 Å². The fourth-order valence-electron chi connectivity index (χ4n) is 5.16. The molecule has 220 valence electrons. The number of alkyl halides is 4. The number of amides is 2. The minimum absolute atomic E-state index is 0.0488. The minimum Gasteiger partial charge on any atom is -0.384 e. The molecule has 0 aromatic carbocycles. The molecule has 0 unspecified atom stereocenters. The van der Waals surface area contributed by atoms with E-state index in [1.54, 1.807) is 17.0 Å². The van der Waals surface area contributed by atoms with E-state index in [-0.39, 0.29) is 29.4 Å². The number of likely N-dealkylation sites (tertiary alicyclic amines) is 2. The van der Waals surface area contributed by atoms with Crippen molar-refractivity contribution in [3.05, 3.63) is 48.2 Å². The van der Waals surface area contributed by atoms with Gasteiger partial charge in [0, 0.05) is 50.2 Å². The molecule has 1 atom stereocenters. The molecule has 3 aromatic heterocycles. The lowest BCUT2D eigenvalue weighted by Gasteiger charge is -2.47. The standard InChI is InChI=1S/C26H30F4N8O3/c1-15(39)26(41)35-7-5-17(6-8-35)36-11-18(12-36)38-13-21(23(34-38)24(29)30)33-25(40)20-4-2-3-19(32-20)16-9-31-37(10-16)14-22(27)28/h2-4,9-10,13,15,17-18,22,24,39H,5-8,11-12,14H2,1H3,(H,33,40)/t15-/m1/s1. The highest BCUT2D eigenvalue weighted by atomic mass is 19.3. The van der Waals surface area contributed by atoms with Crippen LogP contribution in [-0.4, -0.2) is 96.0 Å². The van der Waals surface area contributed by atoms with Gasteiger partial charge in [0.2, 0.25) is 0 Å². The number of halogens is 4. The number of aliphatic hydroxyl groups is 1. The van der Waals surface area contributed by atoms with Crippen molar-refractivity contribution in [2.75, 3.05) is 31.5 Å². The number of hydrogen-bond donors (Lipinski definition) is 2. The van der Waals surface area contributed by atoms with E-state index in [2.05, 4.69) is 25.4 Å².